The van der Waals surface area contributed by atoms with Crippen molar-refractivity contribution in [1.82, 2.24) is 9.80 Å². The van der Waals surface area contributed by atoms with Crippen molar-refractivity contribution in [1.29, 1.82) is 0 Å². The van der Waals surface area contributed by atoms with Gasteiger partial charge >= 0.3 is 0 Å². The van der Waals surface area contributed by atoms with Gasteiger partial charge in [-0.1, -0.05) is 37.1 Å². The van der Waals surface area contributed by atoms with Gasteiger partial charge in [-0.15, -0.1) is 0 Å². The summed E-state index contributed by atoms with van der Waals surface area (Å²) in [6.45, 7) is 10.6. The molecule has 0 aliphatic carbocycles. The van der Waals surface area contributed by atoms with Crippen molar-refractivity contribution in [3.05, 3.63) is 58.1 Å². The SMILES string of the molecule is CCCc1c(OCCCCN2CCN(Cc3ccc(Cl)cc3)CC2)ccc(C(C)=O)c1O. The lowest BCUT2D eigenvalue weighted by Gasteiger charge is -2.34. The summed E-state index contributed by atoms with van der Waals surface area (Å²) in [4.78, 5) is 16.7. The summed E-state index contributed by atoms with van der Waals surface area (Å²) in [5.74, 6) is 0.651. The van der Waals surface area contributed by atoms with E-state index in [1.807, 2.05) is 18.2 Å². The molecule has 1 fully saturated rings. The monoisotopic (exact) mass is 458 g/mol. The van der Waals surface area contributed by atoms with E-state index >= 15 is 0 Å². The van der Waals surface area contributed by atoms with Crippen molar-refractivity contribution in [2.45, 2.75) is 46.1 Å². The number of ether oxygens (including phenoxy) is 1. The first kappa shape index (κ1) is 24.6. The lowest BCUT2D eigenvalue weighted by molar-refractivity contribution is 0.101. The van der Waals surface area contributed by atoms with Gasteiger partial charge in [0.05, 0.1) is 12.2 Å². The largest absolute Gasteiger partial charge is 0.507 e. The number of phenols is 1. The van der Waals surface area contributed by atoms with Crippen molar-refractivity contribution in [3.8, 4) is 11.5 Å². The topological polar surface area (TPSA) is 53.0 Å². The van der Waals surface area contributed by atoms with E-state index in [1.165, 1.54) is 12.5 Å². The highest BCUT2D eigenvalue weighted by Gasteiger charge is 2.17. The number of aromatic hydroxyl groups is 1. The Hall–Kier alpha value is -2.08. The van der Waals surface area contributed by atoms with Crippen LogP contribution in [0.3, 0.4) is 0 Å². The molecular weight excluding hydrogens is 424 g/mol. The van der Waals surface area contributed by atoms with Gasteiger partial charge in [-0.05, 0) is 62.6 Å². The molecule has 0 spiro atoms. The van der Waals surface area contributed by atoms with E-state index in [0.29, 0.717) is 24.3 Å². The molecule has 0 bridgehead atoms. The third-order valence-corrected chi connectivity index (χ3v) is 6.28. The maximum atomic E-state index is 11.7. The summed E-state index contributed by atoms with van der Waals surface area (Å²) in [6, 6.07) is 11.6. The molecular formula is C26H35ClN2O3. The van der Waals surface area contributed by atoms with E-state index in [0.717, 1.165) is 69.1 Å². The average molecular weight is 459 g/mol. The van der Waals surface area contributed by atoms with Gasteiger partial charge < -0.3 is 14.7 Å². The van der Waals surface area contributed by atoms with Crippen LogP contribution in [0.15, 0.2) is 36.4 Å². The minimum Gasteiger partial charge on any atom is -0.507 e. The van der Waals surface area contributed by atoms with Crippen molar-refractivity contribution >= 4 is 17.4 Å². The van der Waals surface area contributed by atoms with Gasteiger partial charge in [0.25, 0.3) is 0 Å². The maximum Gasteiger partial charge on any atom is 0.163 e. The van der Waals surface area contributed by atoms with Gasteiger partial charge in [-0.3, -0.25) is 9.69 Å². The first-order valence-electron chi connectivity index (χ1n) is 11.7. The van der Waals surface area contributed by atoms with Crippen LogP contribution >= 0.6 is 11.6 Å². The zero-order valence-corrected chi connectivity index (χ0v) is 20.0. The Morgan fingerprint density at radius 1 is 1.03 bits per heavy atom. The molecule has 0 unspecified atom stereocenters. The zero-order valence-electron chi connectivity index (χ0n) is 19.3. The Kier molecular flexibility index (Phi) is 9.39. The Labute approximate surface area is 196 Å². The second-order valence-corrected chi connectivity index (χ2v) is 8.98. The Morgan fingerprint density at radius 2 is 1.72 bits per heavy atom. The first-order chi connectivity index (χ1) is 15.5. The summed E-state index contributed by atoms with van der Waals surface area (Å²) >= 11 is 5.97. The predicted molar refractivity (Wildman–Crippen MR) is 130 cm³/mol. The number of unbranched alkanes of at least 4 members (excludes halogenated alkanes) is 1. The number of Topliss-reactive ketones (excluding diaryl/α,β-unsaturated/α-hetero) is 1. The lowest BCUT2D eigenvalue weighted by atomic mass is 10.0. The number of halogens is 1. The number of ketones is 1. The van der Waals surface area contributed by atoms with Crippen LogP contribution in [0.2, 0.25) is 5.02 Å². The quantitative estimate of drug-likeness (QED) is 0.371. The van der Waals surface area contributed by atoms with Gasteiger partial charge in [0.2, 0.25) is 0 Å². The number of benzene rings is 2. The van der Waals surface area contributed by atoms with Crippen LogP contribution in [0.25, 0.3) is 0 Å². The molecule has 1 N–H and O–H groups in total. The summed E-state index contributed by atoms with van der Waals surface area (Å²) in [7, 11) is 0. The summed E-state index contributed by atoms with van der Waals surface area (Å²) in [6.07, 6.45) is 3.63. The predicted octanol–water partition coefficient (Wildman–Crippen LogP) is 5.18. The molecule has 0 saturated carbocycles. The van der Waals surface area contributed by atoms with Gasteiger partial charge in [-0.25, -0.2) is 0 Å². The van der Waals surface area contributed by atoms with E-state index in [9.17, 15) is 9.90 Å². The Morgan fingerprint density at radius 3 is 2.38 bits per heavy atom. The Bertz CT molecular complexity index is 877. The molecule has 1 aliphatic rings. The van der Waals surface area contributed by atoms with Gasteiger partial charge in [0.1, 0.15) is 11.5 Å². The molecule has 1 aliphatic heterocycles. The molecule has 174 valence electrons. The smallest absolute Gasteiger partial charge is 0.163 e. The van der Waals surface area contributed by atoms with Crippen molar-refractivity contribution in [2.75, 3.05) is 39.3 Å². The summed E-state index contributed by atoms with van der Waals surface area (Å²) in [5, 5.41) is 11.2. The fourth-order valence-corrected chi connectivity index (χ4v) is 4.29. The third-order valence-electron chi connectivity index (χ3n) is 6.03. The zero-order chi connectivity index (χ0) is 22.9. The van der Waals surface area contributed by atoms with Crippen LogP contribution in [0.1, 0.15) is 54.6 Å². The molecule has 6 heteroatoms. The molecule has 1 saturated heterocycles. The molecule has 0 amide bonds. The average Bonchev–Trinajstić information content (AvgIpc) is 2.78. The number of hydrogen-bond donors (Lipinski definition) is 1. The molecule has 1 heterocycles. The summed E-state index contributed by atoms with van der Waals surface area (Å²) in [5.41, 5.74) is 2.43. The third kappa shape index (κ3) is 6.96. The van der Waals surface area contributed by atoms with Crippen LogP contribution in [0.4, 0.5) is 0 Å². The van der Waals surface area contributed by atoms with Gasteiger partial charge in [-0.2, -0.15) is 0 Å². The molecule has 5 nitrogen and oxygen atoms in total. The van der Waals surface area contributed by atoms with Gasteiger partial charge in [0.15, 0.2) is 5.78 Å². The van der Waals surface area contributed by atoms with E-state index in [4.69, 9.17) is 16.3 Å². The molecule has 0 aromatic heterocycles. The maximum absolute atomic E-state index is 11.7. The molecule has 0 atom stereocenters. The second-order valence-electron chi connectivity index (χ2n) is 8.54. The lowest BCUT2D eigenvalue weighted by Crippen LogP contribution is -2.46. The highest BCUT2D eigenvalue weighted by molar-refractivity contribution is 6.30. The molecule has 0 radical (unpaired) electrons. The number of piperazine rings is 1. The van der Waals surface area contributed by atoms with Crippen molar-refractivity contribution in [2.24, 2.45) is 0 Å². The highest BCUT2D eigenvalue weighted by atomic mass is 35.5. The first-order valence-corrected chi connectivity index (χ1v) is 12.0. The fraction of sp³-hybridized carbons (Fsp3) is 0.500. The van der Waals surface area contributed by atoms with Crippen LogP contribution in [-0.4, -0.2) is 60.0 Å². The van der Waals surface area contributed by atoms with Crippen molar-refractivity contribution in [3.63, 3.8) is 0 Å². The number of carbonyl (C=O) groups is 1. The van der Waals surface area contributed by atoms with E-state index in [2.05, 4.69) is 28.9 Å². The number of carbonyl (C=O) groups excluding carboxylic acids is 1. The molecule has 2 aromatic rings. The Balaban J connectivity index is 1.37. The normalized spacial score (nSPS) is 15.1. The number of phenolic OH excluding ortho intramolecular Hbond substituents is 1. The minimum absolute atomic E-state index is 0.0771. The van der Waals surface area contributed by atoms with E-state index in [1.54, 1.807) is 6.07 Å². The highest BCUT2D eigenvalue weighted by Crippen LogP contribution is 2.33. The van der Waals surface area contributed by atoms with Crippen LogP contribution < -0.4 is 4.74 Å². The number of nitrogens with zero attached hydrogens (tertiary/aromatic N) is 2. The molecule has 32 heavy (non-hydrogen) atoms. The van der Waals surface area contributed by atoms with E-state index < -0.39 is 0 Å². The number of hydrogen-bond acceptors (Lipinski definition) is 5. The number of rotatable bonds is 11. The standard InChI is InChI=1S/C26H35ClN2O3/c1-3-6-24-25(12-11-23(20(2)30)26(24)31)32-18-5-4-13-28-14-16-29(17-15-28)19-21-7-9-22(27)10-8-21/h7-12,31H,3-6,13-19H2,1-2H3. The van der Waals surface area contributed by atoms with Crippen LogP contribution in [-0.2, 0) is 13.0 Å². The van der Waals surface area contributed by atoms with E-state index in [-0.39, 0.29) is 11.5 Å². The summed E-state index contributed by atoms with van der Waals surface area (Å²) < 4.78 is 5.98. The molecule has 3 rings (SSSR count). The van der Waals surface area contributed by atoms with Crippen LogP contribution in [0.5, 0.6) is 11.5 Å². The van der Waals surface area contributed by atoms with Crippen LogP contribution in [0, 0.1) is 0 Å². The fourth-order valence-electron chi connectivity index (χ4n) is 4.17. The van der Waals surface area contributed by atoms with Crippen molar-refractivity contribution < 1.29 is 14.6 Å². The second kappa shape index (κ2) is 12.2. The van der Waals surface area contributed by atoms with Gasteiger partial charge in [0, 0.05) is 43.3 Å². The molecule has 2 aromatic carbocycles. The minimum atomic E-state index is -0.125.